The molecule has 2 rings (SSSR count). The van der Waals surface area contributed by atoms with Crippen molar-refractivity contribution in [3.63, 3.8) is 0 Å². The number of benzene rings is 1. The van der Waals surface area contributed by atoms with Crippen LogP contribution in [0.3, 0.4) is 0 Å². The molecule has 0 aliphatic carbocycles. The molecule has 4 heteroatoms. The molecule has 1 aromatic rings. The zero-order valence-electron chi connectivity index (χ0n) is 10.6. The summed E-state index contributed by atoms with van der Waals surface area (Å²) in [6.07, 6.45) is 2.26. The van der Waals surface area contributed by atoms with Crippen LogP contribution in [0.5, 0.6) is 0 Å². The lowest BCUT2D eigenvalue weighted by Crippen LogP contribution is -2.32. The number of nitrogens with zero attached hydrogens (tertiary/aromatic N) is 1. The van der Waals surface area contributed by atoms with E-state index >= 15 is 0 Å². The minimum atomic E-state index is -0.357. The fourth-order valence-electron chi connectivity index (χ4n) is 2.16. The number of urea groups is 1. The van der Waals surface area contributed by atoms with Gasteiger partial charge in [-0.3, -0.25) is 9.69 Å². The molecule has 3 amide bonds. The largest absolute Gasteiger partial charge is 0.326 e. The van der Waals surface area contributed by atoms with Gasteiger partial charge in [-0.25, -0.2) is 4.79 Å². The minimum Gasteiger partial charge on any atom is -0.326 e. The standard InChI is InChI=1S/C14H18N2O2/c1-2-10-16-13(17)12(15-14(16)18)9-8-11-6-4-3-5-7-11/h3-7,12H,2,8-10H2,1H3,(H,15,18). The maximum absolute atomic E-state index is 12.0. The van der Waals surface area contributed by atoms with Crippen LogP contribution in [-0.4, -0.2) is 29.4 Å². The Morgan fingerprint density at radius 3 is 2.61 bits per heavy atom. The summed E-state index contributed by atoms with van der Waals surface area (Å²) in [6.45, 7) is 2.46. The van der Waals surface area contributed by atoms with Gasteiger partial charge in [-0.1, -0.05) is 37.3 Å². The number of amides is 3. The average molecular weight is 246 g/mol. The maximum atomic E-state index is 12.0. The lowest BCUT2D eigenvalue weighted by atomic mass is 10.1. The Kier molecular flexibility index (Phi) is 3.97. The van der Waals surface area contributed by atoms with Crippen LogP contribution in [0.1, 0.15) is 25.3 Å². The molecule has 0 bridgehead atoms. The molecule has 1 aliphatic heterocycles. The van der Waals surface area contributed by atoms with Gasteiger partial charge in [-0.05, 0) is 24.8 Å². The first kappa shape index (κ1) is 12.6. The molecule has 0 spiro atoms. The Bertz CT molecular complexity index is 431. The second-order valence-corrected chi connectivity index (χ2v) is 4.52. The van der Waals surface area contributed by atoms with E-state index in [2.05, 4.69) is 5.32 Å². The molecule has 1 aliphatic rings. The molecular weight excluding hydrogens is 228 g/mol. The average Bonchev–Trinajstić information content (AvgIpc) is 2.66. The van der Waals surface area contributed by atoms with E-state index in [1.807, 2.05) is 37.3 Å². The van der Waals surface area contributed by atoms with Crippen molar-refractivity contribution in [2.45, 2.75) is 32.2 Å². The number of rotatable bonds is 5. The van der Waals surface area contributed by atoms with Crippen molar-refractivity contribution in [2.75, 3.05) is 6.54 Å². The molecule has 1 unspecified atom stereocenters. The molecule has 1 saturated heterocycles. The number of carbonyl (C=O) groups excluding carboxylic acids is 2. The van der Waals surface area contributed by atoms with Crippen molar-refractivity contribution in [2.24, 2.45) is 0 Å². The van der Waals surface area contributed by atoms with Crippen LogP contribution < -0.4 is 5.32 Å². The lowest BCUT2D eigenvalue weighted by molar-refractivity contribution is -0.127. The Labute approximate surface area is 107 Å². The number of nitrogens with one attached hydrogen (secondary N) is 1. The SMILES string of the molecule is CCCN1C(=O)NC(CCc2ccccc2)C1=O. The van der Waals surface area contributed by atoms with Gasteiger partial charge in [-0.15, -0.1) is 0 Å². The molecule has 1 N–H and O–H groups in total. The van der Waals surface area contributed by atoms with Crippen molar-refractivity contribution in [1.29, 1.82) is 0 Å². The molecule has 0 radical (unpaired) electrons. The number of aryl methyl sites for hydroxylation is 1. The molecule has 1 atom stereocenters. The minimum absolute atomic E-state index is 0.0854. The predicted molar refractivity (Wildman–Crippen MR) is 69.1 cm³/mol. The van der Waals surface area contributed by atoms with Crippen LogP contribution in [-0.2, 0) is 11.2 Å². The van der Waals surface area contributed by atoms with Crippen LogP contribution in [0.15, 0.2) is 30.3 Å². The van der Waals surface area contributed by atoms with Gasteiger partial charge in [0.25, 0.3) is 5.91 Å². The molecule has 0 aromatic heterocycles. The molecule has 1 fully saturated rings. The van der Waals surface area contributed by atoms with E-state index in [4.69, 9.17) is 0 Å². The van der Waals surface area contributed by atoms with Crippen LogP contribution in [0, 0.1) is 0 Å². The molecule has 4 nitrogen and oxygen atoms in total. The summed E-state index contributed by atoms with van der Waals surface area (Å²) in [5, 5.41) is 2.75. The molecule has 96 valence electrons. The summed E-state index contributed by atoms with van der Waals surface area (Å²) >= 11 is 0. The van der Waals surface area contributed by atoms with Crippen molar-refractivity contribution in [3.8, 4) is 0 Å². The van der Waals surface area contributed by atoms with E-state index in [-0.39, 0.29) is 18.0 Å². The molecular formula is C14H18N2O2. The summed E-state index contributed by atoms with van der Waals surface area (Å²) in [5.74, 6) is -0.0854. The summed E-state index contributed by atoms with van der Waals surface area (Å²) in [4.78, 5) is 24.9. The Morgan fingerprint density at radius 2 is 1.94 bits per heavy atom. The highest BCUT2D eigenvalue weighted by Crippen LogP contribution is 2.13. The van der Waals surface area contributed by atoms with Gasteiger partial charge < -0.3 is 5.32 Å². The number of imide groups is 1. The Hall–Kier alpha value is -1.84. The first-order valence-corrected chi connectivity index (χ1v) is 6.38. The smallest absolute Gasteiger partial charge is 0.324 e. The van der Waals surface area contributed by atoms with Crippen LogP contribution in [0.4, 0.5) is 4.79 Å². The van der Waals surface area contributed by atoms with Gasteiger partial charge in [0.05, 0.1) is 0 Å². The molecule has 0 saturated carbocycles. The van der Waals surface area contributed by atoms with E-state index in [1.165, 1.54) is 10.5 Å². The van der Waals surface area contributed by atoms with E-state index in [9.17, 15) is 9.59 Å². The van der Waals surface area contributed by atoms with Gasteiger partial charge in [0, 0.05) is 6.54 Å². The normalized spacial score (nSPS) is 19.2. The van der Waals surface area contributed by atoms with Crippen LogP contribution in [0.25, 0.3) is 0 Å². The van der Waals surface area contributed by atoms with Crippen molar-refractivity contribution >= 4 is 11.9 Å². The lowest BCUT2D eigenvalue weighted by Gasteiger charge is -2.11. The third-order valence-corrected chi connectivity index (χ3v) is 3.12. The summed E-state index contributed by atoms with van der Waals surface area (Å²) in [5.41, 5.74) is 1.19. The quantitative estimate of drug-likeness (QED) is 0.807. The van der Waals surface area contributed by atoms with Gasteiger partial charge in [0.2, 0.25) is 0 Å². The number of hydrogen-bond acceptors (Lipinski definition) is 2. The van der Waals surface area contributed by atoms with Gasteiger partial charge >= 0.3 is 6.03 Å². The van der Waals surface area contributed by atoms with E-state index in [0.29, 0.717) is 13.0 Å². The van der Waals surface area contributed by atoms with Crippen molar-refractivity contribution in [3.05, 3.63) is 35.9 Å². The van der Waals surface area contributed by atoms with Crippen molar-refractivity contribution in [1.82, 2.24) is 10.2 Å². The summed E-state index contributed by atoms with van der Waals surface area (Å²) in [7, 11) is 0. The topological polar surface area (TPSA) is 49.4 Å². The molecule has 1 aromatic carbocycles. The van der Waals surface area contributed by atoms with Crippen LogP contribution in [0.2, 0.25) is 0 Å². The Balaban J connectivity index is 1.91. The summed E-state index contributed by atoms with van der Waals surface area (Å²) in [6, 6.07) is 9.39. The van der Waals surface area contributed by atoms with Crippen LogP contribution >= 0.6 is 0 Å². The highest BCUT2D eigenvalue weighted by molar-refractivity contribution is 6.04. The predicted octanol–water partition coefficient (Wildman–Crippen LogP) is 1.95. The third-order valence-electron chi connectivity index (χ3n) is 3.12. The zero-order chi connectivity index (χ0) is 13.0. The Morgan fingerprint density at radius 1 is 1.22 bits per heavy atom. The fraction of sp³-hybridized carbons (Fsp3) is 0.429. The first-order valence-electron chi connectivity index (χ1n) is 6.38. The van der Waals surface area contributed by atoms with E-state index < -0.39 is 0 Å². The van der Waals surface area contributed by atoms with Crippen molar-refractivity contribution < 1.29 is 9.59 Å². The van der Waals surface area contributed by atoms with Gasteiger partial charge in [0.15, 0.2) is 0 Å². The maximum Gasteiger partial charge on any atom is 0.324 e. The highest BCUT2D eigenvalue weighted by atomic mass is 16.2. The second-order valence-electron chi connectivity index (χ2n) is 4.52. The zero-order valence-corrected chi connectivity index (χ0v) is 10.6. The number of carbonyl (C=O) groups is 2. The van der Waals surface area contributed by atoms with Gasteiger partial charge in [-0.2, -0.15) is 0 Å². The monoisotopic (exact) mass is 246 g/mol. The second kappa shape index (κ2) is 5.67. The molecule has 1 heterocycles. The van der Waals surface area contributed by atoms with E-state index in [0.717, 1.165) is 12.8 Å². The number of hydrogen-bond donors (Lipinski definition) is 1. The summed E-state index contributed by atoms with van der Waals surface area (Å²) < 4.78 is 0. The van der Waals surface area contributed by atoms with E-state index in [1.54, 1.807) is 0 Å². The molecule has 18 heavy (non-hydrogen) atoms. The third kappa shape index (κ3) is 2.70. The highest BCUT2D eigenvalue weighted by Gasteiger charge is 2.36. The fourth-order valence-corrected chi connectivity index (χ4v) is 2.16. The first-order chi connectivity index (χ1) is 8.72. The van der Waals surface area contributed by atoms with Gasteiger partial charge in [0.1, 0.15) is 6.04 Å².